The number of hydrogen-bond acceptors (Lipinski definition) is 5. The minimum Gasteiger partial charge on any atom is -0.496 e. The van der Waals surface area contributed by atoms with Gasteiger partial charge in [0.05, 0.1) is 19.8 Å². The van der Waals surface area contributed by atoms with Crippen molar-refractivity contribution in [1.82, 2.24) is 0 Å². The van der Waals surface area contributed by atoms with Gasteiger partial charge in [0.15, 0.2) is 0 Å². The lowest BCUT2D eigenvalue weighted by Crippen LogP contribution is -2.08. The zero-order chi connectivity index (χ0) is 15.9. The third-order valence-electron chi connectivity index (χ3n) is 3.04. The van der Waals surface area contributed by atoms with Crippen molar-refractivity contribution in [2.24, 2.45) is 0 Å². The Morgan fingerprint density at radius 3 is 2.45 bits per heavy atom. The maximum Gasteiger partial charge on any atom is 0.342 e. The number of para-hydroxylation sites is 1. The SMILES string of the molecule is COC(=O)c1cccc(COC(=O)c2ccccc2OC)c1. The summed E-state index contributed by atoms with van der Waals surface area (Å²) in [5.41, 5.74) is 1.47. The molecule has 0 saturated heterocycles. The van der Waals surface area contributed by atoms with Crippen LogP contribution in [0.2, 0.25) is 0 Å². The fourth-order valence-electron chi connectivity index (χ4n) is 1.95. The summed E-state index contributed by atoms with van der Waals surface area (Å²) in [6.45, 7) is 0.0573. The van der Waals surface area contributed by atoms with Crippen molar-refractivity contribution in [2.45, 2.75) is 6.61 Å². The second-order valence-corrected chi connectivity index (χ2v) is 4.47. The normalized spacial score (nSPS) is 9.91. The van der Waals surface area contributed by atoms with Crippen LogP contribution < -0.4 is 4.74 Å². The number of ether oxygens (including phenoxy) is 3. The molecular formula is C17H16O5. The van der Waals surface area contributed by atoms with Crippen LogP contribution in [0.15, 0.2) is 48.5 Å². The Morgan fingerprint density at radius 1 is 0.955 bits per heavy atom. The van der Waals surface area contributed by atoms with Gasteiger partial charge in [-0.25, -0.2) is 9.59 Å². The van der Waals surface area contributed by atoms with Crippen LogP contribution in [0.25, 0.3) is 0 Å². The van der Waals surface area contributed by atoms with Gasteiger partial charge >= 0.3 is 11.9 Å². The quantitative estimate of drug-likeness (QED) is 0.795. The monoisotopic (exact) mass is 300 g/mol. The molecule has 0 radical (unpaired) electrons. The summed E-state index contributed by atoms with van der Waals surface area (Å²) in [6.07, 6.45) is 0. The Morgan fingerprint density at radius 2 is 1.73 bits per heavy atom. The van der Waals surface area contributed by atoms with E-state index in [-0.39, 0.29) is 6.61 Å². The number of rotatable bonds is 5. The molecule has 5 nitrogen and oxygen atoms in total. The Hall–Kier alpha value is -2.82. The van der Waals surface area contributed by atoms with Crippen molar-refractivity contribution in [2.75, 3.05) is 14.2 Å². The molecule has 0 atom stereocenters. The van der Waals surface area contributed by atoms with Gasteiger partial charge in [-0.15, -0.1) is 0 Å². The van der Waals surface area contributed by atoms with Gasteiger partial charge in [0, 0.05) is 0 Å². The maximum atomic E-state index is 12.1. The maximum absolute atomic E-state index is 12.1. The van der Waals surface area contributed by atoms with Crippen LogP contribution in [-0.2, 0) is 16.1 Å². The number of hydrogen-bond donors (Lipinski definition) is 0. The lowest BCUT2D eigenvalue weighted by Gasteiger charge is -2.09. The fraction of sp³-hybridized carbons (Fsp3) is 0.176. The zero-order valence-electron chi connectivity index (χ0n) is 12.4. The summed E-state index contributed by atoms with van der Waals surface area (Å²) in [5, 5.41) is 0. The third-order valence-corrected chi connectivity index (χ3v) is 3.04. The molecular weight excluding hydrogens is 284 g/mol. The van der Waals surface area contributed by atoms with Crippen molar-refractivity contribution in [3.8, 4) is 5.75 Å². The molecule has 0 spiro atoms. The Labute approximate surface area is 128 Å². The standard InChI is InChI=1S/C17H16O5/c1-20-15-9-4-3-8-14(15)17(19)22-11-12-6-5-7-13(10-12)16(18)21-2/h3-10H,11H2,1-2H3. The van der Waals surface area contributed by atoms with E-state index in [2.05, 4.69) is 4.74 Å². The van der Waals surface area contributed by atoms with Crippen LogP contribution >= 0.6 is 0 Å². The lowest BCUT2D eigenvalue weighted by atomic mass is 10.1. The van der Waals surface area contributed by atoms with E-state index in [0.29, 0.717) is 22.4 Å². The van der Waals surface area contributed by atoms with E-state index < -0.39 is 11.9 Å². The first-order chi connectivity index (χ1) is 10.7. The third kappa shape index (κ3) is 3.63. The van der Waals surface area contributed by atoms with E-state index in [9.17, 15) is 9.59 Å². The van der Waals surface area contributed by atoms with Crippen molar-refractivity contribution in [1.29, 1.82) is 0 Å². The molecule has 0 bridgehead atoms. The number of carbonyl (C=O) groups excluding carboxylic acids is 2. The van der Waals surface area contributed by atoms with E-state index in [0.717, 1.165) is 0 Å². The molecule has 5 heteroatoms. The number of carbonyl (C=O) groups is 2. The van der Waals surface area contributed by atoms with E-state index in [1.165, 1.54) is 14.2 Å². The first kappa shape index (κ1) is 15.6. The Kier molecular flexibility index (Phi) is 5.14. The summed E-state index contributed by atoms with van der Waals surface area (Å²) in [4.78, 5) is 23.5. The van der Waals surface area contributed by atoms with E-state index in [1.807, 2.05) is 0 Å². The molecule has 0 aliphatic rings. The number of benzene rings is 2. The summed E-state index contributed by atoms with van der Waals surface area (Å²) >= 11 is 0. The van der Waals surface area contributed by atoms with Crippen molar-refractivity contribution in [3.63, 3.8) is 0 Å². The lowest BCUT2D eigenvalue weighted by molar-refractivity contribution is 0.0469. The van der Waals surface area contributed by atoms with Gasteiger partial charge in [0.2, 0.25) is 0 Å². The fourth-order valence-corrected chi connectivity index (χ4v) is 1.95. The van der Waals surface area contributed by atoms with Gasteiger partial charge in [-0.05, 0) is 29.8 Å². The molecule has 0 amide bonds. The molecule has 2 aromatic carbocycles. The van der Waals surface area contributed by atoms with Crippen LogP contribution in [0, 0.1) is 0 Å². The molecule has 0 aromatic heterocycles. The molecule has 22 heavy (non-hydrogen) atoms. The van der Waals surface area contributed by atoms with Gasteiger partial charge in [-0.2, -0.15) is 0 Å². The van der Waals surface area contributed by atoms with Crippen LogP contribution in [0.5, 0.6) is 5.75 Å². The average molecular weight is 300 g/mol. The van der Waals surface area contributed by atoms with Crippen LogP contribution in [0.1, 0.15) is 26.3 Å². The zero-order valence-corrected chi connectivity index (χ0v) is 12.4. The molecule has 2 aromatic rings. The topological polar surface area (TPSA) is 61.8 Å². The van der Waals surface area contributed by atoms with Gasteiger partial charge in [-0.3, -0.25) is 0 Å². The van der Waals surface area contributed by atoms with E-state index in [4.69, 9.17) is 9.47 Å². The largest absolute Gasteiger partial charge is 0.496 e. The van der Waals surface area contributed by atoms with Crippen LogP contribution in [0.4, 0.5) is 0 Å². The molecule has 2 rings (SSSR count). The molecule has 0 heterocycles. The van der Waals surface area contributed by atoms with Crippen molar-refractivity contribution >= 4 is 11.9 Å². The highest BCUT2D eigenvalue weighted by Crippen LogP contribution is 2.19. The number of methoxy groups -OCH3 is 2. The molecule has 0 unspecified atom stereocenters. The second-order valence-electron chi connectivity index (χ2n) is 4.47. The van der Waals surface area contributed by atoms with Crippen molar-refractivity contribution < 1.29 is 23.8 Å². The Bertz CT molecular complexity index is 678. The van der Waals surface area contributed by atoms with Crippen LogP contribution in [-0.4, -0.2) is 26.2 Å². The smallest absolute Gasteiger partial charge is 0.342 e. The molecule has 0 fully saturated rings. The highest BCUT2D eigenvalue weighted by atomic mass is 16.5. The first-order valence-electron chi connectivity index (χ1n) is 6.63. The highest BCUT2D eigenvalue weighted by Gasteiger charge is 2.13. The predicted octanol–water partition coefficient (Wildman–Crippen LogP) is 2.84. The van der Waals surface area contributed by atoms with Gasteiger partial charge < -0.3 is 14.2 Å². The van der Waals surface area contributed by atoms with Gasteiger partial charge in [0.25, 0.3) is 0 Å². The predicted molar refractivity (Wildman–Crippen MR) is 79.9 cm³/mol. The number of esters is 2. The minimum atomic E-state index is -0.485. The van der Waals surface area contributed by atoms with E-state index in [1.54, 1.807) is 48.5 Å². The summed E-state index contributed by atoms with van der Waals surface area (Å²) in [7, 11) is 2.81. The molecule has 114 valence electrons. The molecule has 0 aliphatic carbocycles. The summed E-state index contributed by atoms with van der Waals surface area (Å²) in [6, 6.07) is 13.6. The van der Waals surface area contributed by atoms with Gasteiger partial charge in [-0.1, -0.05) is 24.3 Å². The first-order valence-corrected chi connectivity index (χ1v) is 6.63. The second kappa shape index (κ2) is 7.26. The molecule has 0 aliphatic heterocycles. The van der Waals surface area contributed by atoms with E-state index >= 15 is 0 Å². The highest BCUT2D eigenvalue weighted by molar-refractivity contribution is 5.92. The average Bonchev–Trinajstić information content (AvgIpc) is 2.59. The van der Waals surface area contributed by atoms with Crippen molar-refractivity contribution in [3.05, 3.63) is 65.2 Å². The Balaban J connectivity index is 2.07. The minimum absolute atomic E-state index is 0.0573. The molecule has 0 saturated carbocycles. The summed E-state index contributed by atoms with van der Waals surface area (Å²) < 4.78 is 15.0. The summed E-state index contributed by atoms with van der Waals surface area (Å²) in [5.74, 6) is -0.463. The van der Waals surface area contributed by atoms with Crippen LogP contribution in [0.3, 0.4) is 0 Å². The van der Waals surface area contributed by atoms with Gasteiger partial charge in [0.1, 0.15) is 17.9 Å². The molecule has 0 N–H and O–H groups in total.